The minimum atomic E-state index is -1.94. The van der Waals surface area contributed by atoms with Crippen LogP contribution in [0.15, 0.2) is 36.0 Å². The van der Waals surface area contributed by atoms with E-state index in [0.29, 0.717) is 12.5 Å². The van der Waals surface area contributed by atoms with Crippen LogP contribution in [0.5, 0.6) is 0 Å². The van der Waals surface area contributed by atoms with Crippen LogP contribution >= 0.6 is 0 Å². The largest absolute Gasteiger partial charge is 0.416 e. The lowest BCUT2D eigenvalue weighted by molar-refractivity contribution is 0.189. The molecule has 0 aliphatic heterocycles. The molecule has 0 radical (unpaired) electrons. The Hall–Kier alpha value is -0.249. The normalized spacial score (nSPS) is 17.3. The van der Waals surface area contributed by atoms with Gasteiger partial charge in [-0.2, -0.15) is 0 Å². The van der Waals surface area contributed by atoms with Gasteiger partial charge >= 0.3 is 0 Å². The van der Waals surface area contributed by atoms with E-state index in [9.17, 15) is 0 Å². The van der Waals surface area contributed by atoms with Crippen LogP contribution in [0.1, 0.15) is 89.5 Å². The fourth-order valence-electron chi connectivity index (χ4n) is 3.98. The van der Waals surface area contributed by atoms with E-state index in [0.717, 1.165) is 13.0 Å². The molecule has 0 rings (SSSR count). The molecule has 0 aliphatic carbocycles. The molecule has 0 fully saturated rings. The monoisotopic (exact) mass is 596 g/mol. The van der Waals surface area contributed by atoms with Crippen molar-refractivity contribution < 1.29 is 13.3 Å². The average Bonchev–Trinajstić information content (AvgIpc) is 2.83. The van der Waals surface area contributed by atoms with Gasteiger partial charge in [-0.3, -0.25) is 0 Å². The van der Waals surface area contributed by atoms with Gasteiger partial charge in [0.2, 0.25) is 0 Å². The molecule has 0 spiro atoms. The van der Waals surface area contributed by atoms with Crippen molar-refractivity contribution in [2.24, 2.45) is 11.8 Å². The van der Waals surface area contributed by atoms with Crippen LogP contribution in [0.3, 0.4) is 0 Å². The van der Waals surface area contributed by atoms with Gasteiger partial charge in [0.25, 0.3) is 0 Å². The van der Waals surface area contributed by atoms with Crippen molar-refractivity contribution in [1.29, 1.82) is 0 Å². The molecule has 0 aliphatic rings. The van der Waals surface area contributed by atoms with Crippen molar-refractivity contribution in [3.63, 3.8) is 0 Å². The molecule has 0 saturated heterocycles. The molecule has 6 heteroatoms. The Labute approximate surface area is 248 Å². The highest BCUT2D eigenvalue weighted by atomic mass is 28.4. The van der Waals surface area contributed by atoms with E-state index in [1.807, 2.05) is 0 Å². The van der Waals surface area contributed by atoms with Gasteiger partial charge in [0, 0.05) is 12.5 Å². The third kappa shape index (κ3) is 13.1. The molecule has 3 nitrogen and oxygen atoms in total. The number of rotatable bonds is 17. The first kappa shape index (κ1) is 38.8. The van der Waals surface area contributed by atoms with Crippen molar-refractivity contribution in [2.75, 3.05) is 13.2 Å². The van der Waals surface area contributed by atoms with Gasteiger partial charge in [0.05, 0.1) is 12.7 Å². The van der Waals surface area contributed by atoms with E-state index in [2.05, 4.69) is 140 Å². The van der Waals surface area contributed by atoms with E-state index in [1.54, 1.807) is 0 Å². The van der Waals surface area contributed by atoms with Crippen molar-refractivity contribution in [3.05, 3.63) is 36.0 Å². The van der Waals surface area contributed by atoms with Crippen LogP contribution in [-0.2, 0) is 13.3 Å². The molecule has 0 heterocycles. The lowest BCUT2D eigenvalue weighted by Gasteiger charge is -2.40. The zero-order valence-electron chi connectivity index (χ0n) is 29.1. The second-order valence-electron chi connectivity index (χ2n) is 14.7. The summed E-state index contributed by atoms with van der Waals surface area (Å²) in [5.41, 5.74) is 1.36. The maximum atomic E-state index is 6.97. The molecular formula is C33H68O3Si3. The highest BCUT2D eigenvalue weighted by Crippen LogP contribution is 2.39. The Morgan fingerprint density at radius 2 is 1.26 bits per heavy atom. The van der Waals surface area contributed by atoms with E-state index >= 15 is 0 Å². The first-order valence-electron chi connectivity index (χ1n) is 15.7. The molecule has 0 aromatic carbocycles. The zero-order valence-corrected chi connectivity index (χ0v) is 32.1. The number of allylic oxidation sites excluding steroid dienone is 2. The van der Waals surface area contributed by atoms with Crippen molar-refractivity contribution in [3.8, 4) is 0 Å². The van der Waals surface area contributed by atoms with Crippen molar-refractivity contribution in [2.45, 2.75) is 150 Å². The van der Waals surface area contributed by atoms with E-state index in [4.69, 9.17) is 13.3 Å². The van der Waals surface area contributed by atoms with Crippen LogP contribution in [0.4, 0.5) is 0 Å². The molecule has 0 aromatic rings. The minimum absolute atomic E-state index is 0.0388. The highest BCUT2D eigenvalue weighted by Gasteiger charge is 2.40. The predicted molar refractivity (Wildman–Crippen MR) is 183 cm³/mol. The Morgan fingerprint density at radius 1 is 0.744 bits per heavy atom. The summed E-state index contributed by atoms with van der Waals surface area (Å²) >= 11 is 0. The van der Waals surface area contributed by atoms with Crippen molar-refractivity contribution >= 4 is 25.0 Å². The number of hydrogen-bond donors (Lipinski definition) is 0. The van der Waals surface area contributed by atoms with Gasteiger partial charge < -0.3 is 13.3 Å². The first-order valence-corrected chi connectivity index (χ1v) is 24.1. The third-order valence-electron chi connectivity index (χ3n) is 9.53. The minimum Gasteiger partial charge on any atom is -0.416 e. The van der Waals surface area contributed by atoms with Crippen LogP contribution in [0.2, 0.25) is 54.4 Å². The summed E-state index contributed by atoms with van der Waals surface area (Å²) in [6.07, 6.45) is 12.6. The van der Waals surface area contributed by atoms with Crippen LogP contribution < -0.4 is 0 Å². The van der Waals surface area contributed by atoms with Crippen molar-refractivity contribution in [1.82, 2.24) is 0 Å². The summed E-state index contributed by atoms with van der Waals surface area (Å²) in [6, 6.07) is 3.61. The summed E-state index contributed by atoms with van der Waals surface area (Å²) in [7, 11) is -5.24. The van der Waals surface area contributed by atoms with E-state index < -0.39 is 25.0 Å². The van der Waals surface area contributed by atoms with Crippen LogP contribution in [0, 0.1) is 11.8 Å². The average molecular weight is 597 g/mol. The second kappa shape index (κ2) is 16.4. The molecular weight excluding hydrogens is 529 g/mol. The summed E-state index contributed by atoms with van der Waals surface area (Å²) < 4.78 is 20.0. The van der Waals surface area contributed by atoms with Gasteiger partial charge in [-0.1, -0.05) is 119 Å². The van der Waals surface area contributed by atoms with Gasteiger partial charge in [-0.25, -0.2) is 0 Å². The smallest absolute Gasteiger partial charge is 0.192 e. The lowest BCUT2D eigenvalue weighted by Crippen LogP contribution is -2.44. The Morgan fingerprint density at radius 3 is 1.69 bits per heavy atom. The molecule has 3 atom stereocenters. The summed E-state index contributed by atoms with van der Waals surface area (Å²) in [6.45, 7) is 38.4. The summed E-state index contributed by atoms with van der Waals surface area (Å²) in [4.78, 5) is 0. The van der Waals surface area contributed by atoms with Crippen LogP contribution in [0.25, 0.3) is 0 Å². The second-order valence-corrected chi connectivity index (χ2v) is 29.0. The van der Waals surface area contributed by atoms with E-state index in [-0.39, 0.29) is 22.1 Å². The fraction of sp³-hybridized carbons (Fsp3) is 0.818. The van der Waals surface area contributed by atoms with Gasteiger partial charge in [-0.15, -0.1) is 0 Å². The predicted octanol–water partition coefficient (Wildman–Crippen LogP) is 11.1. The SMILES string of the molecule is CCC(=C/[C@H](C)CO[Si](CC)(CC)CC)/C=C/[C@H](O[Si](C)(C)C(C)(C)C)[C@@H](C)/C=C\CO[Si](C)(C)C(C)(C)C. The molecule has 0 saturated carbocycles. The summed E-state index contributed by atoms with van der Waals surface area (Å²) in [5.74, 6) is 0.674. The molecule has 230 valence electrons. The van der Waals surface area contributed by atoms with E-state index in [1.165, 1.54) is 23.7 Å². The van der Waals surface area contributed by atoms with Crippen LogP contribution in [-0.4, -0.2) is 44.3 Å². The Balaban J connectivity index is 5.76. The quantitative estimate of drug-likeness (QED) is 0.0949. The van der Waals surface area contributed by atoms with Gasteiger partial charge in [0.15, 0.2) is 25.0 Å². The third-order valence-corrected chi connectivity index (χ3v) is 23.2. The maximum Gasteiger partial charge on any atom is 0.192 e. The topological polar surface area (TPSA) is 27.7 Å². The molecule has 39 heavy (non-hydrogen) atoms. The number of hydrogen-bond acceptors (Lipinski definition) is 3. The fourth-order valence-corrected chi connectivity index (χ4v) is 8.98. The highest BCUT2D eigenvalue weighted by molar-refractivity contribution is 6.74. The zero-order chi connectivity index (χ0) is 30.7. The van der Waals surface area contributed by atoms with Gasteiger partial charge in [0.1, 0.15) is 0 Å². The van der Waals surface area contributed by atoms with Gasteiger partial charge in [-0.05, 0) is 66.7 Å². The molecule has 0 amide bonds. The first-order chi connectivity index (χ1) is 17.7. The molecule has 0 N–H and O–H groups in total. The molecule has 0 bridgehead atoms. The maximum absolute atomic E-state index is 6.97. The standard InChI is InChI=1S/C33H68O3Si3/c1-17-30(26-28(5)27-35-39(18-2,19-3)20-4)23-24-31(36-38(15,16)33(10,11)12)29(6)22-21-25-34-37(13,14)32(7,8)9/h21-24,26,28-29,31H,17-20,25,27H2,1-16H3/b22-21-,24-23+,30-26-/t28-,29-,31-/m0/s1. The molecule has 0 aromatic heterocycles. The lowest BCUT2D eigenvalue weighted by atomic mass is 10.0. The Kier molecular flexibility index (Phi) is 16.3. The summed E-state index contributed by atoms with van der Waals surface area (Å²) in [5, 5.41) is 0.388. The Bertz CT molecular complexity index is 773. The molecule has 0 unspecified atom stereocenters.